The first-order valence-electron chi connectivity index (χ1n) is 4.92. The van der Waals surface area contributed by atoms with Crippen LogP contribution in [0.5, 0.6) is 0 Å². The molecule has 0 aliphatic carbocycles. The average Bonchev–Trinajstić information content (AvgIpc) is 2.18. The maximum atomic E-state index is 13.2. The first-order valence-corrected chi connectivity index (χ1v) is 5.30. The van der Waals surface area contributed by atoms with Gasteiger partial charge in [-0.05, 0) is 23.4 Å². The van der Waals surface area contributed by atoms with Gasteiger partial charge in [-0.15, -0.1) is 0 Å². The van der Waals surface area contributed by atoms with E-state index in [1.54, 1.807) is 0 Å². The molecule has 1 aromatic heterocycles. The molecule has 0 aliphatic heterocycles. The van der Waals surface area contributed by atoms with Crippen LogP contribution < -0.4 is 5.32 Å². The molecule has 0 saturated carbocycles. The zero-order chi connectivity index (χ0) is 11.4. The van der Waals surface area contributed by atoms with Crippen LogP contribution in [0.2, 0.25) is 5.28 Å². The molecule has 0 spiro atoms. The van der Waals surface area contributed by atoms with Crippen LogP contribution in [-0.2, 0) is 0 Å². The molecule has 5 heteroatoms. The lowest BCUT2D eigenvalue weighted by Gasteiger charge is -2.16. The normalized spacial score (nSPS) is 12.9. The van der Waals surface area contributed by atoms with Gasteiger partial charge in [0.25, 0.3) is 0 Å². The Balaban J connectivity index is 2.61. The van der Waals surface area contributed by atoms with Gasteiger partial charge < -0.3 is 5.32 Å². The molecule has 0 bridgehead atoms. The van der Waals surface area contributed by atoms with E-state index < -0.39 is 5.82 Å². The zero-order valence-electron chi connectivity index (χ0n) is 9.09. The van der Waals surface area contributed by atoms with E-state index in [2.05, 4.69) is 36.1 Å². The lowest BCUT2D eigenvalue weighted by molar-refractivity contribution is 0.438. The zero-order valence-corrected chi connectivity index (χ0v) is 9.85. The minimum Gasteiger partial charge on any atom is -0.367 e. The Morgan fingerprint density at radius 2 is 2.13 bits per heavy atom. The molecular formula is C10H15ClFN3. The van der Waals surface area contributed by atoms with Crippen molar-refractivity contribution in [2.45, 2.75) is 20.8 Å². The average molecular weight is 232 g/mol. The highest BCUT2D eigenvalue weighted by molar-refractivity contribution is 6.28. The summed E-state index contributed by atoms with van der Waals surface area (Å²) in [6.07, 6.45) is 1.07. The van der Waals surface area contributed by atoms with Crippen LogP contribution in [0.25, 0.3) is 0 Å². The third kappa shape index (κ3) is 3.63. The first-order chi connectivity index (χ1) is 7.00. The SMILES string of the molecule is CC(C)C(C)CNc1nc(Cl)ncc1F. The van der Waals surface area contributed by atoms with Gasteiger partial charge in [-0.3, -0.25) is 0 Å². The summed E-state index contributed by atoms with van der Waals surface area (Å²) >= 11 is 5.57. The predicted octanol–water partition coefficient (Wildman–Crippen LogP) is 2.97. The van der Waals surface area contributed by atoms with Crippen molar-refractivity contribution in [1.29, 1.82) is 0 Å². The monoisotopic (exact) mass is 231 g/mol. The molecule has 3 nitrogen and oxygen atoms in total. The van der Waals surface area contributed by atoms with Crippen molar-refractivity contribution in [1.82, 2.24) is 9.97 Å². The summed E-state index contributed by atoms with van der Waals surface area (Å²) < 4.78 is 13.2. The standard InChI is InChI=1S/C10H15ClFN3/c1-6(2)7(3)4-13-9-8(12)5-14-10(11)15-9/h5-7H,4H2,1-3H3,(H,13,14,15). The molecule has 0 aromatic carbocycles. The van der Waals surface area contributed by atoms with Crippen molar-refractivity contribution in [2.75, 3.05) is 11.9 Å². The van der Waals surface area contributed by atoms with E-state index in [1.165, 1.54) is 0 Å². The molecule has 1 rings (SSSR count). The number of anilines is 1. The number of hydrogen-bond acceptors (Lipinski definition) is 3. The number of nitrogens with zero attached hydrogens (tertiary/aromatic N) is 2. The van der Waals surface area contributed by atoms with Gasteiger partial charge in [0.1, 0.15) is 0 Å². The molecule has 0 fully saturated rings. The van der Waals surface area contributed by atoms with E-state index in [0.29, 0.717) is 18.4 Å². The van der Waals surface area contributed by atoms with E-state index >= 15 is 0 Å². The number of halogens is 2. The van der Waals surface area contributed by atoms with E-state index in [4.69, 9.17) is 11.6 Å². The lowest BCUT2D eigenvalue weighted by Crippen LogP contribution is -2.17. The molecule has 1 atom stereocenters. The third-order valence-electron chi connectivity index (χ3n) is 2.44. The topological polar surface area (TPSA) is 37.8 Å². The Labute approximate surface area is 94.1 Å². The largest absolute Gasteiger partial charge is 0.367 e. The van der Waals surface area contributed by atoms with Gasteiger partial charge in [0.15, 0.2) is 11.6 Å². The van der Waals surface area contributed by atoms with Crippen molar-refractivity contribution >= 4 is 17.4 Å². The summed E-state index contributed by atoms with van der Waals surface area (Å²) in [5.74, 6) is 0.675. The summed E-state index contributed by atoms with van der Waals surface area (Å²) in [5, 5.41) is 2.98. The molecule has 0 aliphatic rings. The number of hydrogen-bond donors (Lipinski definition) is 1. The second-order valence-corrected chi connectivity index (χ2v) is 4.28. The first kappa shape index (κ1) is 12.2. The molecular weight excluding hydrogens is 217 g/mol. The van der Waals surface area contributed by atoms with E-state index in [1.807, 2.05) is 0 Å². The van der Waals surface area contributed by atoms with Gasteiger partial charge in [-0.25, -0.2) is 9.37 Å². The van der Waals surface area contributed by atoms with Crippen molar-refractivity contribution in [2.24, 2.45) is 11.8 Å². The lowest BCUT2D eigenvalue weighted by atomic mass is 9.98. The summed E-state index contributed by atoms with van der Waals surface area (Å²) in [4.78, 5) is 7.31. The van der Waals surface area contributed by atoms with Crippen LogP contribution in [0.4, 0.5) is 10.2 Å². The Bertz CT molecular complexity index is 330. The Morgan fingerprint density at radius 1 is 1.47 bits per heavy atom. The van der Waals surface area contributed by atoms with E-state index in [-0.39, 0.29) is 11.1 Å². The van der Waals surface area contributed by atoms with Gasteiger partial charge >= 0.3 is 0 Å². The molecule has 1 heterocycles. The highest BCUT2D eigenvalue weighted by atomic mass is 35.5. The van der Waals surface area contributed by atoms with Gasteiger partial charge in [-0.2, -0.15) is 4.98 Å². The molecule has 15 heavy (non-hydrogen) atoms. The maximum Gasteiger partial charge on any atom is 0.224 e. The van der Waals surface area contributed by atoms with Gasteiger partial charge in [-0.1, -0.05) is 20.8 Å². The van der Waals surface area contributed by atoms with Crippen LogP contribution in [0.1, 0.15) is 20.8 Å². The van der Waals surface area contributed by atoms with Crippen LogP contribution >= 0.6 is 11.6 Å². The third-order valence-corrected chi connectivity index (χ3v) is 2.63. The van der Waals surface area contributed by atoms with Crippen LogP contribution in [0.15, 0.2) is 6.20 Å². The number of aromatic nitrogens is 2. The molecule has 0 radical (unpaired) electrons. The fraction of sp³-hybridized carbons (Fsp3) is 0.600. The summed E-state index contributed by atoms with van der Waals surface area (Å²) in [7, 11) is 0. The van der Waals surface area contributed by atoms with E-state index in [9.17, 15) is 4.39 Å². The van der Waals surface area contributed by atoms with Gasteiger partial charge in [0.2, 0.25) is 5.28 Å². The quantitative estimate of drug-likeness (QED) is 0.810. The Morgan fingerprint density at radius 3 is 2.73 bits per heavy atom. The van der Waals surface area contributed by atoms with Crippen LogP contribution in [0.3, 0.4) is 0 Å². The highest BCUT2D eigenvalue weighted by Crippen LogP contribution is 2.14. The predicted molar refractivity (Wildman–Crippen MR) is 59.5 cm³/mol. The number of nitrogens with one attached hydrogen (secondary N) is 1. The van der Waals surface area contributed by atoms with Gasteiger partial charge in [0, 0.05) is 6.54 Å². The van der Waals surface area contributed by atoms with Crippen molar-refractivity contribution in [3.63, 3.8) is 0 Å². The van der Waals surface area contributed by atoms with Gasteiger partial charge in [0.05, 0.1) is 6.20 Å². The van der Waals surface area contributed by atoms with Crippen molar-refractivity contribution in [3.8, 4) is 0 Å². The highest BCUT2D eigenvalue weighted by Gasteiger charge is 2.10. The second-order valence-electron chi connectivity index (χ2n) is 3.94. The fourth-order valence-electron chi connectivity index (χ4n) is 0.963. The Hall–Kier alpha value is -0.900. The smallest absolute Gasteiger partial charge is 0.224 e. The summed E-state index contributed by atoms with van der Waals surface area (Å²) in [6, 6.07) is 0. The van der Waals surface area contributed by atoms with Crippen molar-refractivity contribution < 1.29 is 4.39 Å². The Kier molecular flexibility index (Phi) is 4.27. The molecule has 84 valence electrons. The molecule has 0 saturated heterocycles. The summed E-state index contributed by atoms with van der Waals surface area (Å²) in [6.45, 7) is 7.01. The summed E-state index contributed by atoms with van der Waals surface area (Å²) in [5.41, 5.74) is 0. The van der Waals surface area contributed by atoms with Crippen LogP contribution in [0, 0.1) is 17.7 Å². The second kappa shape index (κ2) is 5.26. The number of rotatable bonds is 4. The van der Waals surface area contributed by atoms with Crippen molar-refractivity contribution in [3.05, 3.63) is 17.3 Å². The minimum atomic E-state index is -0.477. The van der Waals surface area contributed by atoms with Crippen LogP contribution in [-0.4, -0.2) is 16.5 Å². The van der Waals surface area contributed by atoms with E-state index in [0.717, 1.165) is 6.20 Å². The molecule has 0 amide bonds. The molecule has 1 N–H and O–H groups in total. The minimum absolute atomic E-state index is 0.0519. The fourth-order valence-corrected chi connectivity index (χ4v) is 1.10. The molecule has 1 aromatic rings. The molecule has 1 unspecified atom stereocenters. The maximum absolute atomic E-state index is 13.2.